The second-order valence-electron chi connectivity index (χ2n) is 4.09. The van der Waals surface area contributed by atoms with Crippen LogP contribution in [-0.2, 0) is 6.42 Å². The topological polar surface area (TPSA) is 48.1 Å². The third-order valence-corrected chi connectivity index (χ3v) is 2.71. The molecule has 2 aromatic rings. The number of alkyl halides is 2. The molecule has 0 saturated carbocycles. The van der Waals surface area contributed by atoms with Crippen molar-refractivity contribution in [2.45, 2.75) is 19.1 Å². The Morgan fingerprint density at radius 2 is 1.95 bits per heavy atom. The molecule has 100 valence electrons. The molecule has 0 aliphatic carbocycles. The Hall–Kier alpha value is -2.01. The molecule has 0 saturated heterocycles. The van der Waals surface area contributed by atoms with Crippen LogP contribution in [0.15, 0.2) is 48.8 Å². The second kappa shape index (κ2) is 6.24. The summed E-state index contributed by atoms with van der Waals surface area (Å²) in [7, 11) is 0. The van der Waals surface area contributed by atoms with Gasteiger partial charge in [0.25, 0.3) is 0 Å². The van der Waals surface area contributed by atoms with Gasteiger partial charge < -0.3 is 10.5 Å². The largest absolute Gasteiger partial charge is 0.434 e. The molecule has 19 heavy (non-hydrogen) atoms. The maximum absolute atomic E-state index is 12.3. The zero-order chi connectivity index (χ0) is 13.7. The van der Waals surface area contributed by atoms with Crippen LogP contribution in [0.1, 0.15) is 17.2 Å². The van der Waals surface area contributed by atoms with Gasteiger partial charge in [0.1, 0.15) is 5.75 Å². The van der Waals surface area contributed by atoms with Gasteiger partial charge in [0.2, 0.25) is 0 Å². The minimum atomic E-state index is -2.85. The summed E-state index contributed by atoms with van der Waals surface area (Å²) in [5.41, 5.74) is 7.56. The van der Waals surface area contributed by atoms with Crippen molar-refractivity contribution in [2.24, 2.45) is 5.73 Å². The second-order valence-corrected chi connectivity index (χ2v) is 4.09. The van der Waals surface area contributed by atoms with Crippen LogP contribution in [0.5, 0.6) is 5.75 Å². The fourth-order valence-electron chi connectivity index (χ4n) is 1.87. The van der Waals surface area contributed by atoms with E-state index >= 15 is 0 Å². The van der Waals surface area contributed by atoms with Crippen molar-refractivity contribution in [3.8, 4) is 5.75 Å². The maximum atomic E-state index is 12.3. The molecule has 2 rings (SSSR count). The van der Waals surface area contributed by atoms with E-state index in [2.05, 4.69) is 9.72 Å². The first kappa shape index (κ1) is 13.4. The third kappa shape index (κ3) is 3.72. The molecule has 0 spiro atoms. The number of hydrogen-bond donors (Lipinski definition) is 1. The van der Waals surface area contributed by atoms with E-state index in [1.807, 2.05) is 12.1 Å². The van der Waals surface area contributed by atoms with E-state index in [4.69, 9.17) is 5.73 Å². The normalized spacial score (nSPS) is 12.4. The van der Waals surface area contributed by atoms with Crippen LogP contribution in [0.25, 0.3) is 0 Å². The third-order valence-electron chi connectivity index (χ3n) is 2.71. The molecule has 1 atom stereocenters. The van der Waals surface area contributed by atoms with Gasteiger partial charge in [-0.1, -0.05) is 24.3 Å². The van der Waals surface area contributed by atoms with Gasteiger partial charge in [0, 0.05) is 24.0 Å². The number of ether oxygens (including phenoxy) is 1. The smallest absolute Gasteiger partial charge is 0.387 e. The Morgan fingerprint density at radius 1 is 1.16 bits per heavy atom. The highest BCUT2D eigenvalue weighted by Crippen LogP contribution is 2.27. The van der Waals surface area contributed by atoms with Gasteiger partial charge >= 0.3 is 6.61 Å². The Morgan fingerprint density at radius 3 is 2.63 bits per heavy atom. The predicted octanol–water partition coefficient (Wildman–Crippen LogP) is 2.93. The summed E-state index contributed by atoms with van der Waals surface area (Å²) in [4.78, 5) is 4.00. The van der Waals surface area contributed by atoms with Crippen molar-refractivity contribution in [2.75, 3.05) is 0 Å². The summed E-state index contributed by atoms with van der Waals surface area (Å²) >= 11 is 0. The summed E-state index contributed by atoms with van der Waals surface area (Å²) in [6, 6.07) is 9.85. The van der Waals surface area contributed by atoms with Gasteiger partial charge in [-0.2, -0.15) is 8.78 Å². The molecular formula is C14H14F2N2O. The fraction of sp³-hybridized carbons (Fsp3) is 0.214. The van der Waals surface area contributed by atoms with Crippen LogP contribution >= 0.6 is 0 Å². The number of para-hydroxylation sites is 1. The molecule has 0 fully saturated rings. The molecule has 0 bridgehead atoms. The zero-order valence-electron chi connectivity index (χ0n) is 10.2. The molecular weight excluding hydrogens is 250 g/mol. The summed E-state index contributed by atoms with van der Waals surface area (Å²) < 4.78 is 29.1. The molecule has 1 heterocycles. The molecule has 3 nitrogen and oxygen atoms in total. The molecule has 2 N–H and O–H groups in total. The van der Waals surface area contributed by atoms with Gasteiger partial charge in [-0.25, -0.2) is 0 Å². The molecule has 1 unspecified atom stereocenters. The first-order valence-electron chi connectivity index (χ1n) is 5.85. The Kier molecular flexibility index (Phi) is 4.41. The van der Waals surface area contributed by atoms with Crippen molar-refractivity contribution in [3.63, 3.8) is 0 Å². The summed E-state index contributed by atoms with van der Waals surface area (Å²) in [6.07, 6.45) is 3.89. The van der Waals surface area contributed by atoms with Crippen molar-refractivity contribution in [3.05, 3.63) is 59.9 Å². The van der Waals surface area contributed by atoms with Crippen LogP contribution in [-0.4, -0.2) is 11.6 Å². The lowest BCUT2D eigenvalue weighted by molar-refractivity contribution is -0.0506. The standard InChI is InChI=1S/C14H14F2N2O/c15-14(16)19-13-6-2-1-5-11(13)12(17)8-10-4-3-7-18-9-10/h1-7,9,12,14H,8,17H2. The van der Waals surface area contributed by atoms with Gasteiger partial charge in [0.05, 0.1) is 0 Å². The van der Waals surface area contributed by atoms with Crippen molar-refractivity contribution >= 4 is 0 Å². The van der Waals surface area contributed by atoms with Crippen molar-refractivity contribution in [1.29, 1.82) is 0 Å². The minimum absolute atomic E-state index is 0.119. The monoisotopic (exact) mass is 264 g/mol. The fourth-order valence-corrected chi connectivity index (χ4v) is 1.87. The van der Waals surface area contributed by atoms with Gasteiger partial charge in [-0.05, 0) is 24.1 Å². The molecule has 1 aromatic carbocycles. The molecule has 0 amide bonds. The first-order valence-corrected chi connectivity index (χ1v) is 5.85. The predicted molar refractivity (Wildman–Crippen MR) is 67.9 cm³/mol. The van der Waals surface area contributed by atoms with Gasteiger partial charge in [0.15, 0.2) is 0 Å². The van der Waals surface area contributed by atoms with Crippen LogP contribution < -0.4 is 10.5 Å². The lowest BCUT2D eigenvalue weighted by Crippen LogP contribution is -2.16. The highest BCUT2D eigenvalue weighted by Gasteiger charge is 2.15. The SMILES string of the molecule is NC(Cc1cccnc1)c1ccccc1OC(F)F. The van der Waals surface area contributed by atoms with Gasteiger partial charge in [-0.15, -0.1) is 0 Å². The van der Waals surface area contributed by atoms with E-state index in [0.29, 0.717) is 12.0 Å². The van der Waals surface area contributed by atoms with E-state index in [1.54, 1.807) is 30.6 Å². The number of nitrogens with two attached hydrogens (primary N) is 1. The highest BCUT2D eigenvalue weighted by atomic mass is 19.3. The van der Waals surface area contributed by atoms with Crippen LogP contribution in [0, 0.1) is 0 Å². The van der Waals surface area contributed by atoms with Gasteiger partial charge in [-0.3, -0.25) is 4.98 Å². The zero-order valence-corrected chi connectivity index (χ0v) is 10.2. The quantitative estimate of drug-likeness (QED) is 0.903. The summed E-state index contributed by atoms with van der Waals surface area (Å²) in [5, 5.41) is 0. The Balaban J connectivity index is 2.16. The number of halogens is 2. The number of aromatic nitrogens is 1. The highest BCUT2D eigenvalue weighted by molar-refractivity contribution is 5.36. The number of pyridine rings is 1. The minimum Gasteiger partial charge on any atom is -0.434 e. The average molecular weight is 264 g/mol. The molecule has 0 aliphatic heterocycles. The summed E-state index contributed by atoms with van der Waals surface area (Å²) in [5.74, 6) is 0.119. The van der Waals surface area contributed by atoms with Crippen LogP contribution in [0.2, 0.25) is 0 Å². The van der Waals surface area contributed by atoms with Crippen molar-refractivity contribution < 1.29 is 13.5 Å². The Bertz CT molecular complexity index is 520. The van der Waals surface area contributed by atoms with E-state index in [-0.39, 0.29) is 5.75 Å². The van der Waals surface area contributed by atoms with Crippen LogP contribution in [0.4, 0.5) is 8.78 Å². The lowest BCUT2D eigenvalue weighted by Gasteiger charge is -2.16. The average Bonchev–Trinajstić information content (AvgIpc) is 2.39. The van der Waals surface area contributed by atoms with Crippen molar-refractivity contribution in [1.82, 2.24) is 4.98 Å². The first-order chi connectivity index (χ1) is 9.16. The number of rotatable bonds is 5. The van der Waals surface area contributed by atoms with E-state index in [1.165, 1.54) is 6.07 Å². The molecule has 0 aliphatic rings. The molecule has 0 radical (unpaired) electrons. The number of nitrogens with zero attached hydrogens (tertiary/aromatic N) is 1. The number of hydrogen-bond acceptors (Lipinski definition) is 3. The Labute approximate surface area is 110 Å². The number of benzene rings is 1. The molecule has 1 aromatic heterocycles. The molecule has 5 heteroatoms. The van der Waals surface area contributed by atoms with E-state index < -0.39 is 12.7 Å². The lowest BCUT2D eigenvalue weighted by atomic mass is 10.00. The van der Waals surface area contributed by atoms with Crippen LogP contribution in [0.3, 0.4) is 0 Å². The maximum Gasteiger partial charge on any atom is 0.387 e. The van der Waals surface area contributed by atoms with E-state index in [0.717, 1.165) is 5.56 Å². The summed E-state index contributed by atoms with van der Waals surface area (Å²) in [6.45, 7) is -2.85. The van der Waals surface area contributed by atoms with E-state index in [9.17, 15) is 8.78 Å².